The van der Waals surface area contributed by atoms with Gasteiger partial charge in [-0.25, -0.2) is 9.78 Å². The van der Waals surface area contributed by atoms with Crippen molar-refractivity contribution >= 4 is 23.4 Å². The van der Waals surface area contributed by atoms with Crippen LogP contribution in [-0.4, -0.2) is 53.7 Å². The van der Waals surface area contributed by atoms with Crippen molar-refractivity contribution in [1.82, 2.24) is 20.5 Å². The molecular formula is C18H31N5O2S. The molecule has 26 heavy (non-hydrogen) atoms. The Morgan fingerprint density at radius 1 is 1.50 bits per heavy atom. The second kappa shape index (κ2) is 8.70. The third-order valence-corrected chi connectivity index (χ3v) is 5.11. The Kier molecular flexibility index (Phi) is 6.86. The first-order valence-corrected chi connectivity index (χ1v) is 9.95. The van der Waals surface area contributed by atoms with Crippen LogP contribution in [0.3, 0.4) is 0 Å². The van der Waals surface area contributed by atoms with Gasteiger partial charge >= 0.3 is 6.09 Å². The fourth-order valence-electron chi connectivity index (χ4n) is 2.72. The summed E-state index contributed by atoms with van der Waals surface area (Å²) in [7, 11) is 1.78. The van der Waals surface area contributed by atoms with Gasteiger partial charge in [0, 0.05) is 31.4 Å². The molecule has 1 atom stereocenters. The molecule has 1 amide bonds. The van der Waals surface area contributed by atoms with Gasteiger partial charge in [-0.05, 0) is 27.2 Å². The molecule has 0 spiro atoms. The number of alkyl carbamates (subject to hydrolysis) is 1. The first-order chi connectivity index (χ1) is 12.2. The molecule has 1 aliphatic heterocycles. The zero-order valence-corrected chi connectivity index (χ0v) is 17.4. The number of hydrogen-bond acceptors (Lipinski definition) is 5. The SMILES string of the molecule is CN=C(NCc1csc(C(C)C)n1)N1CC[C@@H](NC(=O)OC(C)(C)C)C1. The summed E-state index contributed by atoms with van der Waals surface area (Å²) >= 11 is 1.69. The minimum absolute atomic E-state index is 0.0650. The molecule has 7 nitrogen and oxygen atoms in total. The van der Waals surface area contributed by atoms with Crippen LogP contribution in [0, 0.1) is 0 Å². The molecule has 1 aliphatic rings. The Morgan fingerprint density at radius 3 is 2.81 bits per heavy atom. The van der Waals surface area contributed by atoms with Gasteiger partial charge in [0.15, 0.2) is 5.96 Å². The van der Waals surface area contributed by atoms with Crippen molar-refractivity contribution in [2.75, 3.05) is 20.1 Å². The molecule has 2 rings (SSSR count). The lowest BCUT2D eigenvalue weighted by Gasteiger charge is -2.23. The summed E-state index contributed by atoms with van der Waals surface area (Å²) in [5.74, 6) is 1.28. The fourth-order valence-corrected chi connectivity index (χ4v) is 3.55. The van der Waals surface area contributed by atoms with E-state index in [4.69, 9.17) is 4.74 Å². The number of aromatic nitrogens is 1. The van der Waals surface area contributed by atoms with Crippen molar-refractivity contribution in [3.8, 4) is 0 Å². The molecule has 0 aromatic carbocycles. The van der Waals surface area contributed by atoms with Crippen molar-refractivity contribution in [1.29, 1.82) is 0 Å². The average Bonchev–Trinajstić information content (AvgIpc) is 3.15. The van der Waals surface area contributed by atoms with Crippen LogP contribution in [0.2, 0.25) is 0 Å². The topological polar surface area (TPSA) is 78.9 Å². The number of amides is 1. The molecule has 2 N–H and O–H groups in total. The zero-order valence-electron chi connectivity index (χ0n) is 16.6. The molecule has 1 aromatic rings. The molecule has 0 radical (unpaired) electrons. The average molecular weight is 382 g/mol. The highest BCUT2D eigenvalue weighted by atomic mass is 32.1. The van der Waals surface area contributed by atoms with Crippen molar-refractivity contribution in [3.05, 3.63) is 16.1 Å². The van der Waals surface area contributed by atoms with Crippen LogP contribution in [0.1, 0.15) is 57.7 Å². The lowest BCUT2D eigenvalue weighted by Crippen LogP contribution is -2.44. The minimum atomic E-state index is -0.484. The van der Waals surface area contributed by atoms with Crippen molar-refractivity contribution < 1.29 is 9.53 Å². The number of carbonyl (C=O) groups excluding carboxylic acids is 1. The first-order valence-electron chi connectivity index (χ1n) is 9.07. The van der Waals surface area contributed by atoms with Crippen molar-refractivity contribution in [3.63, 3.8) is 0 Å². The van der Waals surface area contributed by atoms with E-state index in [1.54, 1.807) is 18.4 Å². The number of thiazole rings is 1. The predicted octanol–water partition coefficient (Wildman–Crippen LogP) is 2.94. The smallest absolute Gasteiger partial charge is 0.407 e. The van der Waals surface area contributed by atoms with E-state index in [1.165, 1.54) is 0 Å². The molecule has 0 bridgehead atoms. The molecule has 1 fully saturated rings. The van der Waals surface area contributed by atoms with Gasteiger partial charge in [0.2, 0.25) is 0 Å². The van der Waals surface area contributed by atoms with Crippen LogP contribution in [0.25, 0.3) is 0 Å². The van der Waals surface area contributed by atoms with Gasteiger partial charge in [0.1, 0.15) is 5.60 Å². The predicted molar refractivity (Wildman–Crippen MR) is 106 cm³/mol. The third-order valence-electron chi connectivity index (χ3n) is 3.91. The molecular weight excluding hydrogens is 350 g/mol. The maximum Gasteiger partial charge on any atom is 0.407 e. The van der Waals surface area contributed by atoms with Gasteiger partial charge in [-0.2, -0.15) is 0 Å². The largest absolute Gasteiger partial charge is 0.444 e. The third kappa shape index (κ3) is 6.16. The second-order valence-corrected chi connectivity index (χ2v) is 8.70. The minimum Gasteiger partial charge on any atom is -0.444 e. The van der Waals surface area contributed by atoms with Gasteiger partial charge in [0.05, 0.1) is 23.3 Å². The van der Waals surface area contributed by atoms with Crippen LogP contribution in [0.15, 0.2) is 10.4 Å². The monoisotopic (exact) mass is 381 g/mol. The molecule has 1 saturated heterocycles. The summed E-state index contributed by atoms with van der Waals surface area (Å²) < 4.78 is 5.33. The van der Waals surface area contributed by atoms with E-state index in [0.29, 0.717) is 19.0 Å². The molecule has 0 aliphatic carbocycles. The number of rotatable bonds is 4. The summed E-state index contributed by atoms with van der Waals surface area (Å²) in [5.41, 5.74) is 0.546. The van der Waals surface area contributed by atoms with E-state index >= 15 is 0 Å². The Balaban J connectivity index is 1.82. The zero-order chi connectivity index (χ0) is 19.3. The normalized spacial score (nSPS) is 18.3. The summed E-state index contributed by atoms with van der Waals surface area (Å²) in [5, 5.41) is 9.55. The van der Waals surface area contributed by atoms with Crippen molar-refractivity contribution in [2.24, 2.45) is 4.99 Å². The number of likely N-dealkylation sites (tertiary alicyclic amines) is 1. The number of nitrogens with one attached hydrogen (secondary N) is 2. The Bertz CT molecular complexity index is 636. The van der Waals surface area contributed by atoms with Crippen LogP contribution in [0.5, 0.6) is 0 Å². The number of aliphatic imine (C=N–C) groups is 1. The van der Waals surface area contributed by atoms with Gasteiger partial charge in [-0.3, -0.25) is 4.99 Å². The van der Waals surface area contributed by atoms with Gasteiger partial charge in [-0.1, -0.05) is 13.8 Å². The Hall–Kier alpha value is -1.83. The molecule has 0 saturated carbocycles. The molecule has 1 aromatic heterocycles. The van der Waals surface area contributed by atoms with Crippen LogP contribution >= 0.6 is 11.3 Å². The lowest BCUT2D eigenvalue weighted by atomic mass is 10.2. The number of hydrogen-bond donors (Lipinski definition) is 2. The lowest BCUT2D eigenvalue weighted by molar-refractivity contribution is 0.0507. The maximum absolute atomic E-state index is 11.9. The Morgan fingerprint density at radius 2 is 2.23 bits per heavy atom. The summed E-state index contributed by atoms with van der Waals surface area (Å²) in [6, 6.07) is 0.0650. The van der Waals surface area contributed by atoms with E-state index in [2.05, 4.69) is 44.7 Å². The van der Waals surface area contributed by atoms with Gasteiger partial charge in [0.25, 0.3) is 0 Å². The number of carbonyl (C=O) groups is 1. The summed E-state index contributed by atoms with van der Waals surface area (Å²) in [6.07, 6.45) is 0.504. The van der Waals surface area contributed by atoms with Crippen LogP contribution in [0.4, 0.5) is 4.79 Å². The van der Waals surface area contributed by atoms with Gasteiger partial charge in [-0.15, -0.1) is 11.3 Å². The molecule has 2 heterocycles. The summed E-state index contributed by atoms with van der Waals surface area (Å²) in [6.45, 7) is 12.1. The van der Waals surface area contributed by atoms with E-state index in [0.717, 1.165) is 29.6 Å². The highest BCUT2D eigenvalue weighted by Crippen LogP contribution is 2.19. The van der Waals surface area contributed by atoms with Crippen molar-refractivity contribution in [2.45, 2.75) is 65.1 Å². The van der Waals surface area contributed by atoms with E-state index in [-0.39, 0.29) is 12.1 Å². The standard InChI is InChI=1S/C18H31N5O2S/c1-12(2)15-21-14(11-26-15)9-20-16(19-6)23-8-7-13(10-23)22-17(24)25-18(3,4)5/h11-13H,7-10H2,1-6H3,(H,19,20)(H,22,24)/t13-/m1/s1. The summed E-state index contributed by atoms with van der Waals surface area (Å²) in [4.78, 5) is 23.1. The van der Waals surface area contributed by atoms with Gasteiger partial charge < -0.3 is 20.3 Å². The molecule has 0 unspecified atom stereocenters. The fraction of sp³-hybridized carbons (Fsp3) is 0.722. The quantitative estimate of drug-likeness (QED) is 0.619. The highest BCUT2D eigenvalue weighted by Gasteiger charge is 2.27. The van der Waals surface area contributed by atoms with Crippen LogP contribution in [-0.2, 0) is 11.3 Å². The van der Waals surface area contributed by atoms with E-state index < -0.39 is 5.60 Å². The van der Waals surface area contributed by atoms with E-state index in [9.17, 15) is 4.79 Å². The Labute approximate surface area is 160 Å². The number of ether oxygens (including phenoxy) is 1. The maximum atomic E-state index is 11.9. The number of guanidine groups is 1. The first kappa shape index (κ1) is 20.5. The van der Waals surface area contributed by atoms with Crippen LogP contribution < -0.4 is 10.6 Å². The molecule has 8 heteroatoms. The molecule has 146 valence electrons. The second-order valence-electron chi connectivity index (χ2n) is 7.81. The van der Waals surface area contributed by atoms with E-state index in [1.807, 2.05) is 20.8 Å². The number of nitrogens with zero attached hydrogens (tertiary/aromatic N) is 3. The highest BCUT2D eigenvalue weighted by molar-refractivity contribution is 7.09.